The summed E-state index contributed by atoms with van der Waals surface area (Å²) in [5, 5.41) is 0. The third-order valence-electron chi connectivity index (χ3n) is 11.2. The smallest absolute Gasteiger partial charge is 0.157 e. The second-order valence-corrected chi connectivity index (χ2v) is 16.2. The highest BCUT2D eigenvalue weighted by atomic mass is 32.2. The minimum absolute atomic E-state index is 0.276. The molecular weight excluding hydrogens is 805 g/mol. The minimum atomic E-state index is 0.276. The van der Waals surface area contributed by atoms with Gasteiger partial charge >= 0.3 is 0 Å². The summed E-state index contributed by atoms with van der Waals surface area (Å²) >= 11 is 1.61. The molecule has 14 heteroatoms. The normalized spacial score (nSPS) is 12.8. The molecule has 0 aliphatic carbocycles. The van der Waals surface area contributed by atoms with Crippen molar-refractivity contribution < 1.29 is 33.2 Å². The van der Waals surface area contributed by atoms with Crippen molar-refractivity contribution >= 4 is 34.3 Å². The number of aromatic nitrogens is 3. The summed E-state index contributed by atoms with van der Waals surface area (Å²) in [5.74, 6) is 5.61. The number of aryl methyl sites for hydroxylation is 1. The van der Waals surface area contributed by atoms with Crippen LogP contribution in [0.1, 0.15) is 53.5 Å². The van der Waals surface area contributed by atoms with Crippen LogP contribution >= 0.6 is 11.8 Å². The number of methoxy groups -OCH3 is 6. The van der Waals surface area contributed by atoms with Gasteiger partial charge in [-0.3, -0.25) is 4.90 Å². The average Bonchev–Trinajstić information content (AvgIpc) is 3.95. The van der Waals surface area contributed by atoms with Crippen molar-refractivity contribution in [1.82, 2.24) is 19.4 Å². The number of hydrogen-bond donors (Lipinski definition) is 1. The first-order chi connectivity index (χ1) is 30.2. The zero-order valence-corrected chi connectivity index (χ0v) is 37.9. The van der Waals surface area contributed by atoms with Crippen LogP contribution in [0.15, 0.2) is 82.6 Å². The summed E-state index contributed by atoms with van der Waals surface area (Å²) in [6.07, 6.45) is 2.48. The summed E-state index contributed by atoms with van der Waals surface area (Å²) in [6, 6.07) is 24.0. The first-order valence-electron chi connectivity index (χ1n) is 20.8. The molecule has 2 N–H and O–H groups in total. The summed E-state index contributed by atoms with van der Waals surface area (Å²) in [4.78, 5) is 17.5. The number of rotatable bonds is 20. The number of nitrogens with two attached hydrogens (primary N) is 1. The topological polar surface area (TPSA) is 128 Å². The van der Waals surface area contributed by atoms with E-state index in [1.165, 1.54) is 18.4 Å². The highest BCUT2D eigenvalue weighted by Crippen LogP contribution is 2.43. The van der Waals surface area contributed by atoms with Gasteiger partial charge in [0, 0.05) is 71.7 Å². The van der Waals surface area contributed by atoms with E-state index in [1.54, 1.807) is 54.4 Å². The van der Waals surface area contributed by atoms with Gasteiger partial charge in [0.1, 0.15) is 52.4 Å². The summed E-state index contributed by atoms with van der Waals surface area (Å²) in [7, 11) is 9.96. The first kappa shape index (κ1) is 44.2. The molecule has 0 amide bonds. The fourth-order valence-electron chi connectivity index (χ4n) is 7.97. The number of hydrogen-bond acceptors (Lipinski definition) is 13. The molecule has 6 aromatic rings. The molecule has 1 fully saturated rings. The van der Waals surface area contributed by atoms with Crippen LogP contribution in [-0.2, 0) is 37.5 Å². The zero-order valence-electron chi connectivity index (χ0n) is 37.1. The molecule has 0 atom stereocenters. The molecule has 7 rings (SSSR count). The lowest BCUT2D eigenvalue weighted by Gasteiger charge is -2.27. The summed E-state index contributed by atoms with van der Waals surface area (Å²) < 4.78 is 42.9. The molecule has 62 heavy (non-hydrogen) atoms. The van der Waals surface area contributed by atoms with E-state index in [1.807, 2.05) is 61.5 Å². The number of nitrogen functional groups attached to an aromatic ring is 1. The molecule has 1 aliphatic rings. The van der Waals surface area contributed by atoms with Crippen molar-refractivity contribution in [2.45, 2.75) is 69.3 Å². The molecule has 0 spiro atoms. The van der Waals surface area contributed by atoms with Gasteiger partial charge in [-0.1, -0.05) is 17.8 Å². The number of benzene rings is 4. The molecular formula is C48H58N6O7S. The predicted octanol–water partition coefficient (Wildman–Crippen LogP) is 8.91. The predicted molar refractivity (Wildman–Crippen MR) is 245 cm³/mol. The SMILES string of the molecule is CCOCc1nc2c(N(Cc3ccc(OC)cc3OC)Cc3ccc(OC)cc3OC)nc(C)c(Sc3ccc(CN4CCCC4)cc3N)c2n1Cc1ccc(OC)cc1OC. The number of ether oxygens (including phenoxy) is 7. The highest BCUT2D eigenvalue weighted by molar-refractivity contribution is 7.99. The third-order valence-corrected chi connectivity index (χ3v) is 12.5. The molecule has 0 radical (unpaired) electrons. The van der Waals surface area contributed by atoms with Crippen LogP contribution in [-0.4, -0.2) is 81.8 Å². The Morgan fingerprint density at radius 1 is 0.677 bits per heavy atom. The van der Waals surface area contributed by atoms with E-state index < -0.39 is 0 Å². The van der Waals surface area contributed by atoms with Crippen LogP contribution in [0.5, 0.6) is 34.5 Å². The van der Waals surface area contributed by atoms with E-state index >= 15 is 0 Å². The molecule has 3 heterocycles. The Balaban J connectivity index is 1.44. The monoisotopic (exact) mass is 862 g/mol. The second kappa shape index (κ2) is 20.4. The van der Waals surface area contributed by atoms with Gasteiger partial charge in [0.05, 0.1) is 65.3 Å². The Morgan fingerprint density at radius 2 is 1.24 bits per heavy atom. The Hall–Kier alpha value is -5.83. The molecule has 1 aliphatic heterocycles. The van der Waals surface area contributed by atoms with E-state index in [0.717, 1.165) is 68.8 Å². The Morgan fingerprint density at radius 3 is 1.77 bits per heavy atom. The van der Waals surface area contributed by atoms with Crippen molar-refractivity contribution in [2.24, 2.45) is 0 Å². The zero-order chi connectivity index (χ0) is 43.8. The Labute approximate surface area is 369 Å². The van der Waals surface area contributed by atoms with Crippen molar-refractivity contribution in [3.05, 3.63) is 107 Å². The largest absolute Gasteiger partial charge is 0.497 e. The minimum Gasteiger partial charge on any atom is -0.497 e. The molecule has 0 bridgehead atoms. The van der Waals surface area contributed by atoms with E-state index in [9.17, 15) is 0 Å². The van der Waals surface area contributed by atoms with Gasteiger partial charge in [-0.25, -0.2) is 9.97 Å². The molecule has 0 saturated carbocycles. The van der Waals surface area contributed by atoms with Gasteiger partial charge in [0.2, 0.25) is 0 Å². The summed E-state index contributed by atoms with van der Waals surface area (Å²) in [6.45, 7) is 9.23. The van der Waals surface area contributed by atoms with Crippen molar-refractivity contribution in [2.75, 3.05) is 73.0 Å². The molecule has 2 aromatic heterocycles. The maximum Gasteiger partial charge on any atom is 0.157 e. The quantitative estimate of drug-likeness (QED) is 0.0735. The van der Waals surface area contributed by atoms with E-state index in [4.69, 9.17) is 48.9 Å². The van der Waals surface area contributed by atoms with Crippen LogP contribution in [0.2, 0.25) is 0 Å². The number of imidazole rings is 1. The van der Waals surface area contributed by atoms with Crippen LogP contribution < -0.4 is 39.1 Å². The van der Waals surface area contributed by atoms with Gasteiger partial charge in [-0.05, 0) is 93.9 Å². The lowest BCUT2D eigenvalue weighted by Crippen LogP contribution is -2.25. The molecule has 13 nitrogen and oxygen atoms in total. The third kappa shape index (κ3) is 9.77. The fraction of sp³-hybridized carbons (Fsp3) is 0.375. The Kier molecular flexibility index (Phi) is 14.5. The standard InChI is InChI=1S/C48H58N6O7S/c1-9-61-30-44-51-45-46(54(44)29-35-15-18-38(57-5)25-42(35)60-8)47(62-43-19-12-32(22-39(43)49)26-52-20-10-11-21-52)31(2)50-48(45)53(27-33-13-16-36(55-3)23-40(33)58-6)28-34-14-17-37(56-4)24-41(34)59-7/h12-19,22-25H,9-11,20-21,26-30,49H2,1-8H3. The van der Waals surface area contributed by atoms with Gasteiger partial charge in [0.15, 0.2) is 5.82 Å². The lowest BCUT2D eigenvalue weighted by molar-refractivity contribution is 0.126. The van der Waals surface area contributed by atoms with E-state index in [2.05, 4.69) is 39.5 Å². The maximum absolute atomic E-state index is 6.90. The molecule has 1 saturated heterocycles. The van der Waals surface area contributed by atoms with Crippen LogP contribution in [0.25, 0.3) is 11.0 Å². The van der Waals surface area contributed by atoms with E-state index in [0.29, 0.717) is 72.1 Å². The lowest BCUT2D eigenvalue weighted by atomic mass is 10.1. The number of pyridine rings is 1. The number of anilines is 2. The maximum atomic E-state index is 6.90. The van der Waals surface area contributed by atoms with Crippen molar-refractivity contribution in [3.63, 3.8) is 0 Å². The first-order valence-corrected chi connectivity index (χ1v) is 21.7. The van der Waals surface area contributed by atoms with Gasteiger partial charge in [-0.15, -0.1) is 0 Å². The van der Waals surface area contributed by atoms with Crippen molar-refractivity contribution in [1.29, 1.82) is 0 Å². The number of likely N-dealkylation sites (tertiary alicyclic amines) is 1. The van der Waals surface area contributed by atoms with Crippen molar-refractivity contribution in [3.8, 4) is 34.5 Å². The van der Waals surface area contributed by atoms with Gasteiger partial charge in [-0.2, -0.15) is 0 Å². The molecule has 4 aromatic carbocycles. The van der Waals surface area contributed by atoms with E-state index in [-0.39, 0.29) is 6.61 Å². The Bertz CT molecular complexity index is 2430. The molecule has 0 unspecified atom stereocenters. The summed E-state index contributed by atoms with van der Waals surface area (Å²) in [5.41, 5.74) is 14.1. The van der Waals surface area contributed by atoms with Gasteiger partial charge < -0.3 is 48.4 Å². The number of fused-ring (bicyclic) bond motifs is 1. The second-order valence-electron chi connectivity index (χ2n) is 15.1. The van der Waals surface area contributed by atoms with Crippen LogP contribution in [0.3, 0.4) is 0 Å². The number of nitrogens with zero attached hydrogens (tertiary/aromatic N) is 5. The van der Waals surface area contributed by atoms with Crippen LogP contribution in [0, 0.1) is 6.92 Å². The van der Waals surface area contributed by atoms with Gasteiger partial charge in [0.25, 0.3) is 0 Å². The average molecular weight is 863 g/mol. The van der Waals surface area contributed by atoms with Crippen LogP contribution in [0.4, 0.5) is 11.5 Å². The fourth-order valence-corrected chi connectivity index (χ4v) is 9.00. The highest BCUT2D eigenvalue weighted by Gasteiger charge is 2.27. The molecule has 328 valence electrons.